The molecule has 0 radical (unpaired) electrons. The number of nitrogens with two attached hydrogens (primary N) is 1. The van der Waals surface area contributed by atoms with Crippen LogP contribution in [0.25, 0.3) is 0 Å². The predicted molar refractivity (Wildman–Crippen MR) is 71.0 cm³/mol. The van der Waals surface area contributed by atoms with Gasteiger partial charge in [0.2, 0.25) is 5.75 Å². The first-order valence-electron chi connectivity index (χ1n) is 4.94. The fourth-order valence-electron chi connectivity index (χ4n) is 1.34. The van der Waals surface area contributed by atoms with Gasteiger partial charge < -0.3 is 15.0 Å². The largest absolute Gasteiger partial charge is 0.472 e. The fourth-order valence-corrected chi connectivity index (χ4v) is 2.13. The minimum atomic E-state index is -0.722. The van der Waals surface area contributed by atoms with Crippen LogP contribution in [0.2, 0.25) is 0 Å². The average Bonchev–Trinajstić information content (AvgIpc) is 2.39. The molecule has 1 unspecified atom stereocenters. The van der Waals surface area contributed by atoms with Crippen LogP contribution in [0.3, 0.4) is 0 Å². The molecule has 7 nitrogen and oxygen atoms in total. The second kappa shape index (κ2) is 6.72. The third-order valence-electron chi connectivity index (χ3n) is 2.12. The second-order valence-electron chi connectivity index (χ2n) is 3.13. The van der Waals surface area contributed by atoms with E-state index in [2.05, 4.69) is 9.72 Å². The number of carbonyl (C=O) groups excluding carboxylic acids is 1. The number of hydrogen-bond donors (Lipinski definition) is 1. The van der Waals surface area contributed by atoms with Gasteiger partial charge in [-0.15, -0.1) is 0 Å². The van der Waals surface area contributed by atoms with E-state index in [-0.39, 0.29) is 18.0 Å². The summed E-state index contributed by atoms with van der Waals surface area (Å²) < 4.78 is 10.8. The zero-order valence-electron chi connectivity index (χ0n) is 10.0. The van der Waals surface area contributed by atoms with Crippen molar-refractivity contribution in [2.75, 3.05) is 19.9 Å². The number of ether oxygens (including phenoxy) is 1. The van der Waals surface area contributed by atoms with Crippen molar-refractivity contribution in [1.82, 2.24) is 9.55 Å². The van der Waals surface area contributed by atoms with Crippen LogP contribution < -0.4 is 15.8 Å². The molecule has 0 bridgehead atoms. The Balaban J connectivity index is 3.52. The van der Waals surface area contributed by atoms with Crippen LogP contribution in [-0.4, -0.2) is 35.4 Å². The van der Waals surface area contributed by atoms with Crippen LogP contribution in [0.4, 0.5) is 0 Å². The summed E-state index contributed by atoms with van der Waals surface area (Å²) in [7, 11) is 3.13. The van der Waals surface area contributed by atoms with Gasteiger partial charge in [-0.2, -0.15) is 0 Å². The van der Waals surface area contributed by atoms with E-state index >= 15 is 0 Å². The topological polar surface area (TPSA) is 96.4 Å². The Labute approximate surface area is 110 Å². The van der Waals surface area contributed by atoms with Gasteiger partial charge >= 0.3 is 5.97 Å². The summed E-state index contributed by atoms with van der Waals surface area (Å²) in [6.45, 7) is 0.577. The zero-order valence-corrected chi connectivity index (χ0v) is 12.0. The van der Waals surface area contributed by atoms with Gasteiger partial charge in [0.15, 0.2) is 10.9 Å². The van der Waals surface area contributed by atoms with E-state index in [9.17, 15) is 9.59 Å². The molecule has 0 aliphatic carbocycles. The lowest BCUT2D eigenvalue weighted by atomic mass is 10.3. The summed E-state index contributed by atoms with van der Waals surface area (Å²) in [6.07, 6.45) is 1.75. The summed E-state index contributed by atoms with van der Waals surface area (Å²) in [5.41, 5.74) is 4.83. The Morgan fingerprint density at radius 3 is 2.72 bits per heavy atom. The first-order chi connectivity index (χ1) is 8.60. The summed E-state index contributed by atoms with van der Waals surface area (Å²) in [5.74, 6) is -0.891. The number of rotatable bonds is 5. The molecule has 2 N–H and O–H groups in total. The lowest BCUT2D eigenvalue weighted by molar-refractivity contribution is 0.0590. The highest BCUT2D eigenvalue weighted by Gasteiger charge is 2.22. The van der Waals surface area contributed by atoms with E-state index in [0.29, 0.717) is 11.7 Å². The van der Waals surface area contributed by atoms with Crippen LogP contribution in [0.1, 0.15) is 10.5 Å². The van der Waals surface area contributed by atoms with Gasteiger partial charge in [-0.05, 0) is 6.26 Å². The predicted octanol–water partition coefficient (Wildman–Crippen LogP) is -0.121. The van der Waals surface area contributed by atoms with Gasteiger partial charge in [0, 0.05) is 13.1 Å². The molecular formula is C9H14N3O4PS. The third-order valence-corrected chi connectivity index (χ3v) is 3.04. The Morgan fingerprint density at radius 1 is 1.61 bits per heavy atom. The Morgan fingerprint density at radius 2 is 2.28 bits per heavy atom. The standard InChI is InChI=1S/C9H14N3O4PS/c1-15-8(14)5-6(16-17)7(13)12(4-3-10)9(11-5)18-2/h3-4,10,17H2,1-2H3. The van der Waals surface area contributed by atoms with Crippen LogP contribution >= 0.6 is 21.2 Å². The number of carbonyl (C=O) groups is 1. The first-order valence-corrected chi connectivity index (χ1v) is 6.64. The van der Waals surface area contributed by atoms with E-state index < -0.39 is 11.5 Å². The lowest BCUT2D eigenvalue weighted by Crippen LogP contribution is -2.29. The normalized spacial score (nSPS) is 10.2. The lowest BCUT2D eigenvalue weighted by Gasteiger charge is -2.13. The van der Waals surface area contributed by atoms with E-state index in [0.717, 1.165) is 0 Å². The maximum atomic E-state index is 12.1. The van der Waals surface area contributed by atoms with Gasteiger partial charge in [0.05, 0.1) is 16.6 Å². The van der Waals surface area contributed by atoms with Crippen molar-refractivity contribution in [3.63, 3.8) is 0 Å². The highest BCUT2D eigenvalue weighted by Crippen LogP contribution is 2.19. The molecule has 1 aromatic rings. The van der Waals surface area contributed by atoms with Crippen molar-refractivity contribution in [3.8, 4) is 5.75 Å². The molecule has 0 fully saturated rings. The number of thioether (sulfide) groups is 1. The average molecular weight is 291 g/mol. The Bertz CT molecular complexity index is 505. The van der Waals surface area contributed by atoms with Crippen molar-refractivity contribution in [2.45, 2.75) is 11.7 Å². The number of hydrogen-bond acceptors (Lipinski definition) is 7. The molecule has 1 heterocycles. The molecule has 0 saturated carbocycles. The molecule has 9 heteroatoms. The quantitative estimate of drug-likeness (QED) is 0.349. The maximum Gasteiger partial charge on any atom is 0.360 e. The van der Waals surface area contributed by atoms with Crippen molar-refractivity contribution >= 4 is 27.2 Å². The van der Waals surface area contributed by atoms with Crippen molar-refractivity contribution in [2.24, 2.45) is 5.73 Å². The van der Waals surface area contributed by atoms with Crippen LogP contribution in [0.5, 0.6) is 5.75 Å². The molecule has 0 aromatic carbocycles. The SMILES string of the molecule is COC(=O)c1nc(SC)n(CCN)c(=O)c1OP. The van der Waals surface area contributed by atoms with Gasteiger partial charge in [-0.1, -0.05) is 11.8 Å². The molecule has 0 saturated heterocycles. The Kier molecular flexibility index (Phi) is 5.58. The smallest absolute Gasteiger partial charge is 0.360 e. The van der Waals surface area contributed by atoms with Crippen LogP contribution in [0.15, 0.2) is 9.95 Å². The molecular weight excluding hydrogens is 277 g/mol. The maximum absolute atomic E-state index is 12.1. The summed E-state index contributed by atoms with van der Waals surface area (Å²) >= 11 is 1.24. The molecule has 1 aromatic heterocycles. The van der Waals surface area contributed by atoms with Gasteiger partial charge in [0.1, 0.15) is 0 Å². The summed E-state index contributed by atoms with van der Waals surface area (Å²) in [5, 5.41) is 0.386. The molecule has 0 amide bonds. The fraction of sp³-hybridized carbons (Fsp3) is 0.444. The van der Waals surface area contributed by atoms with Crippen molar-refractivity contribution in [3.05, 3.63) is 16.0 Å². The Hall–Kier alpha value is -1.11. The van der Waals surface area contributed by atoms with Gasteiger partial charge in [-0.25, -0.2) is 9.78 Å². The van der Waals surface area contributed by atoms with Crippen LogP contribution in [0, 0.1) is 0 Å². The minimum Gasteiger partial charge on any atom is -0.472 e. The zero-order chi connectivity index (χ0) is 13.7. The molecule has 18 heavy (non-hydrogen) atoms. The van der Waals surface area contributed by atoms with E-state index in [1.807, 2.05) is 9.47 Å². The highest BCUT2D eigenvalue weighted by atomic mass is 32.2. The highest BCUT2D eigenvalue weighted by molar-refractivity contribution is 7.98. The molecule has 1 rings (SSSR count). The number of nitrogens with zero attached hydrogens (tertiary/aromatic N) is 2. The molecule has 1 atom stereocenters. The molecule has 0 aliphatic rings. The molecule has 100 valence electrons. The third kappa shape index (κ3) is 2.82. The summed E-state index contributed by atoms with van der Waals surface area (Å²) in [4.78, 5) is 27.7. The van der Waals surface area contributed by atoms with Crippen molar-refractivity contribution in [1.29, 1.82) is 0 Å². The van der Waals surface area contributed by atoms with Gasteiger partial charge in [0.25, 0.3) is 5.56 Å². The molecule has 0 spiro atoms. The summed E-state index contributed by atoms with van der Waals surface area (Å²) in [6, 6.07) is 0. The van der Waals surface area contributed by atoms with E-state index in [1.165, 1.54) is 23.4 Å². The number of aromatic nitrogens is 2. The van der Waals surface area contributed by atoms with E-state index in [1.54, 1.807) is 6.26 Å². The monoisotopic (exact) mass is 291 g/mol. The molecule has 0 aliphatic heterocycles. The minimum absolute atomic E-state index is 0.143. The number of methoxy groups -OCH3 is 1. The first kappa shape index (κ1) is 14.9. The number of esters is 1. The van der Waals surface area contributed by atoms with E-state index in [4.69, 9.17) is 10.3 Å². The van der Waals surface area contributed by atoms with Gasteiger partial charge in [-0.3, -0.25) is 9.36 Å². The van der Waals surface area contributed by atoms with Crippen molar-refractivity contribution < 1.29 is 14.1 Å². The second-order valence-corrected chi connectivity index (χ2v) is 4.14. The van der Waals surface area contributed by atoms with Crippen LogP contribution in [-0.2, 0) is 11.3 Å².